The highest BCUT2D eigenvalue weighted by atomic mass is 35.5. The molecule has 0 bridgehead atoms. The summed E-state index contributed by atoms with van der Waals surface area (Å²) >= 11 is 7.61. The minimum absolute atomic E-state index is 0.198. The van der Waals surface area contributed by atoms with Gasteiger partial charge in [-0.25, -0.2) is 4.90 Å². The molecular weight excluding hydrogens is 434 g/mol. The number of nitrogens with zero attached hydrogens (tertiary/aromatic N) is 1. The number of hydrogen-bond acceptors (Lipinski definition) is 5. The van der Waals surface area contributed by atoms with Gasteiger partial charge in [-0.15, -0.1) is 11.3 Å². The molecule has 1 aliphatic rings. The molecule has 0 saturated heterocycles. The molecular formula is C23H18ClN3O3S. The predicted molar refractivity (Wildman–Crippen MR) is 124 cm³/mol. The maximum Gasteiger partial charge on any atom is 0.282 e. The summed E-state index contributed by atoms with van der Waals surface area (Å²) < 4.78 is 0. The van der Waals surface area contributed by atoms with E-state index in [-0.39, 0.29) is 11.6 Å². The molecule has 6 nitrogen and oxygen atoms in total. The van der Waals surface area contributed by atoms with Gasteiger partial charge in [0.25, 0.3) is 11.8 Å². The van der Waals surface area contributed by atoms with E-state index >= 15 is 0 Å². The topological polar surface area (TPSA) is 78.5 Å². The van der Waals surface area contributed by atoms with Gasteiger partial charge in [-0.05, 0) is 60.3 Å². The van der Waals surface area contributed by atoms with Gasteiger partial charge >= 0.3 is 0 Å². The van der Waals surface area contributed by atoms with Gasteiger partial charge in [0.15, 0.2) is 0 Å². The van der Waals surface area contributed by atoms with Crippen LogP contribution in [0.4, 0.5) is 17.1 Å². The number of imide groups is 1. The molecule has 0 spiro atoms. The summed E-state index contributed by atoms with van der Waals surface area (Å²) in [7, 11) is 0. The van der Waals surface area contributed by atoms with Crippen LogP contribution >= 0.6 is 22.9 Å². The van der Waals surface area contributed by atoms with E-state index in [4.69, 9.17) is 11.6 Å². The quantitative estimate of drug-likeness (QED) is 0.531. The molecule has 4 rings (SSSR count). The number of thiophene rings is 1. The lowest BCUT2D eigenvalue weighted by Crippen LogP contribution is -2.32. The van der Waals surface area contributed by atoms with Gasteiger partial charge in [-0.2, -0.15) is 0 Å². The molecule has 8 heteroatoms. The van der Waals surface area contributed by atoms with Crippen molar-refractivity contribution in [3.63, 3.8) is 0 Å². The molecule has 3 amide bonds. The van der Waals surface area contributed by atoms with Crippen LogP contribution in [0.2, 0.25) is 5.02 Å². The van der Waals surface area contributed by atoms with Crippen molar-refractivity contribution in [3.8, 4) is 0 Å². The highest BCUT2D eigenvalue weighted by molar-refractivity contribution is 7.11. The predicted octanol–water partition coefficient (Wildman–Crippen LogP) is 5.06. The molecule has 3 aromatic rings. The van der Waals surface area contributed by atoms with Crippen LogP contribution in [0.15, 0.2) is 65.7 Å². The lowest BCUT2D eigenvalue weighted by atomic mass is 10.1. The third-order valence-corrected chi connectivity index (χ3v) is 6.12. The molecule has 1 aromatic heterocycles. The molecule has 1 aliphatic heterocycles. The lowest BCUT2D eigenvalue weighted by Gasteiger charge is -2.16. The fraction of sp³-hybridized carbons (Fsp3) is 0.0870. The van der Waals surface area contributed by atoms with E-state index < -0.39 is 11.8 Å². The van der Waals surface area contributed by atoms with Gasteiger partial charge in [-0.1, -0.05) is 23.7 Å². The van der Waals surface area contributed by atoms with E-state index in [1.165, 1.54) is 18.3 Å². The van der Waals surface area contributed by atoms with Crippen molar-refractivity contribution in [2.24, 2.45) is 0 Å². The molecule has 0 unspecified atom stereocenters. The van der Waals surface area contributed by atoms with Gasteiger partial charge in [0.05, 0.1) is 11.3 Å². The highest BCUT2D eigenvalue weighted by Gasteiger charge is 2.40. The minimum atomic E-state index is -0.458. The molecule has 2 heterocycles. The third kappa shape index (κ3) is 3.97. The van der Waals surface area contributed by atoms with Crippen LogP contribution < -0.4 is 15.5 Å². The van der Waals surface area contributed by atoms with Gasteiger partial charge in [0.2, 0.25) is 5.91 Å². The molecule has 0 atom stereocenters. The number of rotatable bonds is 5. The molecule has 2 N–H and O–H groups in total. The van der Waals surface area contributed by atoms with Crippen molar-refractivity contribution in [3.05, 3.63) is 81.1 Å². The van der Waals surface area contributed by atoms with Gasteiger partial charge in [-0.3, -0.25) is 14.4 Å². The number of halogens is 1. The zero-order valence-electron chi connectivity index (χ0n) is 16.7. The van der Waals surface area contributed by atoms with E-state index in [2.05, 4.69) is 10.6 Å². The fourth-order valence-corrected chi connectivity index (χ4v) is 4.25. The van der Waals surface area contributed by atoms with Crippen LogP contribution in [0, 0.1) is 6.92 Å². The Hall–Kier alpha value is -3.42. The Bertz CT molecular complexity index is 1220. The first-order valence-corrected chi connectivity index (χ1v) is 10.7. The van der Waals surface area contributed by atoms with Gasteiger partial charge in [0.1, 0.15) is 5.70 Å². The van der Waals surface area contributed by atoms with E-state index in [9.17, 15) is 14.4 Å². The fourth-order valence-electron chi connectivity index (χ4n) is 3.30. The SMILES string of the molecule is CC(=O)Nc1ccc(N2C(=O)C(Nc3cccc(Cl)c3C)=C(c3cccs3)C2=O)cc1. The van der Waals surface area contributed by atoms with Crippen LogP contribution in [0.5, 0.6) is 0 Å². The van der Waals surface area contributed by atoms with Crippen molar-refractivity contribution in [2.45, 2.75) is 13.8 Å². The summed E-state index contributed by atoms with van der Waals surface area (Å²) in [4.78, 5) is 39.8. The number of nitrogens with one attached hydrogen (secondary N) is 2. The highest BCUT2D eigenvalue weighted by Crippen LogP contribution is 2.36. The van der Waals surface area contributed by atoms with E-state index in [1.807, 2.05) is 24.4 Å². The average Bonchev–Trinajstić information content (AvgIpc) is 3.33. The number of hydrogen-bond donors (Lipinski definition) is 2. The lowest BCUT2D eigenvalue weighted by molar-refractivity contribution is -0.120. The number of anilines is 3. The first-order chi connectivity index (χ1) is 14.9. The number of carbonyl (C=O) groups is 3. The van der Waals surface area contributed by atoms with Gasteiger partial charge < -0.3 is 10.6 Å². The maximum atomic E-state index is 13.4. The van der Waals surface area contributed by atoms with Crippen LogP contribution in [0.3, 0.4) is 0 Å². The van der Waals surface area contributed by atoms with Crippen LogP contribution in [0.25, 0.3) is 5.57 Å². The van der Waals surface area contributed by atoms with Crippen LogP contribution in [-0.4, -0.2) is 17.7 Å². The Labute approximate surface area is 188 Å². The standard InChI is InChI=1S/C23H18ClN3O3S/c1-13-17(24)5-3-6-18(13)26-21-20(19-7-4-12-31-19)22(29)27(23(21)30)16-10-8-15(9-11-16)25-14(2)28/h3-12,26H,1-2H3,(H,25,28). The maximum absolute atomic E-state index is 13.4. The second-order valence-corrected chi connectivity index (χ2v) is 8.29. The van der Waals surface area contributed by atoms with E-state index in [0.29, 0.717) is 32.5 Å². The van der Waals surface area contributed by atoms with Crippen LogP contribution in [-0.2, 0) is 14.4 Å². The van der Waals surface area contributed by atoms with Crippen molar-refractivity contribution in [1.82, 2.24) is 0 Å². The molecule has 0 fully saturated rings. The molecule has 2 aromatic carbocycles. The number of benzene rings is 2. The van der Waals surface area contributed by atoms with E-state index in [1.54, 1.807) is 42.5 Å². The molecule has 0 radical (unpaired) electrons. The number of amides is 3. The Kier molecular flexibility index (Phi) is 5.63. The summed E-state index contributed by atoms with van der Waals surface area (Å²) in [6.45, 7) is 3.25. The molecule has 0 saturated carbocycles. The molecule has 31 heavy (non-hydrogen) atoms. The van der Waals surface area contributed by atoms with E-state index in [0.717, 1.165) is 10.5 Å². The summed E-state index contributed by atoms with van der Waals surface area (Å²) in [6, 6.07) is 15.5. The molecule has 156 valence electrons. The summed E-state index contributed by atoms with van der Waals surface area (Å²) in [5.74, 6) is -1.08. The Morgan fingerprint density at radius 2 is 1.74 bits per heavy atom. The largest absolute Gasteiger partial charge is 0.350 e. The Morgan fingerprint density at radius 3 is 2.39 bits per heavy atom. The summed E-state index contributed by atoms with van der Waals surface area (Å²) in [5, 5.41) is 8.22. The Balaban J connectivity index is 1.74. The second-order valence-electron chi connectivity index (χ2n) is 6.94. The zero-order valence-corrected chi connectivity index (χ0v) is 18.3. The van der Waals surface area contributed by atoms with Crippen molar-refractivity contribution in [2.75, 3.05) is 15.5 Å². The van der Waals surface area contributed by atoms with Crippen LogP contribution in [0.1, 0.15) is 17.4 Å². The minimum Gasteiger partial charge on any atom is -0.350 e. The Morgan fingerprint density at radius 1 is 1.00 bits per heavy atom. The number of carbonyl (C=O) groups excluding carboxylic acids is 3. The zero-order chi connectivity index (χ0) is 22.1. The third-order valence-electron chi connectivity index (χ3n) is 4.82. The summed E-state index contributed by atoms with van der Waals surface area (Å²) in [6.07, 6.45) is 0. The first kappa shape index (κ1) is 20.8. The normalized spacial score (nSPS) is 13.7. The van der Waals surface area contributed by atoms with Gasteiger partial charge in [0, 0.05) is 28.2 Å². The monoisotopic (exact) mass is 451 g/mol. The summed E-state index contributed by atoms with van der Waals surface area (Å²) in [5.41, 5.74) is 2.93. The second kappa shape index (κ2) is 8.37. The average molecular weight is 452 g/mol. The van der Waals surface area contributed by atoms with Crippen molar-refractivity contribution >= 4 is 63.3 Å². The van der Waals surface area contributed by atoms with Crippen molar-refractivity contribution < 1.29 is 14.4 Å². The smallest absolute Gasteiger partial charge is 0.282 e. The molecule has 0 aliphatic carbocycles. The first-order valence-electron chi connectivity index (χ1n) is 9.43. The van der Waals surface area contributed by atoms with Crippen molar-refractivity contribution in [1.29, 1.82) is 0 Å².